The van der Waals surface area contributed by atoms with E-state index in [4.69, 9.17) is 14.2 Å². The molecule has 0 radical (unpaired) electrons. The number of esters is 3. The van der Waals surface area contributed by atoms with Gasteiger partial charge in [0, 0.05) is 19.3 Å². The van der Waals surface area contributed by atoms with Gasteiger partial charge < -0.3 is 14.2 Å². The van der Waals surface area contributed by atoms with Crippen molar-refractivity contribution in [3.63, 3.8) is 0 Å². The van der Waals surface area contributed by atoms with E-state index in [9.17, 15) is 14.4 Å². The molecular formula is C62H100O6. The number of ether oxygens (including phenoxy) is 3. The van der Waals surface area contributed by atoms with Crippen molar-refractivity contribution in [2.75, 3.05) is 13.2 Å². The Morgan fingerprint density at radius 1 is 0.309 bits per heavy atom. The van der Waals surface area contributed by atoms with Gasteiger partial charge in [-0.3, -0.25) is 14.4 Å². The fourth-order valence-electron chi connectivity index (χ4n) is 7.13. The zero-order valence-corrected chi connectivity index (χ0v) is 43.8. The normalized spacial score (nSPS) is 13.0. The van der Waals surface area contributed by atoms with Gasteiger partial charge in [0.25, 0.3) is 0 Å². The highest BCUT2D eigenvalue weighted by molar-refractivity contribution is 5.71. The summed E-state index contributed by atoms with van der Waals surface area (Å²) in [5.41, 5.74) is 0. The number of hydrogen-bond acceptors (Lipinski definition) is 6. The van der Waals surface area contributed by atoms with Crippen molar-refractivity contribution in [2.45, 2.75) is 239 Å². The summed E-state index contributed by atoms with van der Waals surface area (Å²) in [6, 6.07) is 0. The fraction of sp³-hybridized carbons (Fsp3) is 0.629. The molecule has 0 bridgehead atoms. The van der Waals surface area contributed by atoms with Gasteiger partial charge >= 0.3 is 17.9 Å². The lowest BCUT2D eigenvalue weighted by molar-refractivity contribution is -0.167. The van der Waals surface area contributed by atoms with Gasteiger partial charge in [0.15, 0.2) is 6.10 Å². The van der Waals surface area contributed by atoms with Crippen molar-refractivity contribution in [2.24, 2.45) is 0 Å². The van der Waals surface area contributed by atoms with Gasteiger partial charge in [-0.05, 0) is 96.3 Å². The van der Waals surface area contributed by atoms with Crippen LogP contribution in [0.5, 0.6) is 0 Å². The van der Waals surface area contributed by atoms with Crippen LogP contribution in [0.4, 0.5) is 0 Å². The topological polar surface area (TPSA) is 78.9 Å². The highest BCUT2D eigenvalue weighted by Crippen LogP contribution is 2.13. The monoisotopic (exact) mass is 941 g/mol. The van der Waals surface area contributed by atoms with Crippen LogP contribution in [-0.4, -0.2) is 37.2 Å². The molecule has 0 saturated heterocycles. The zero-order valence-electron chi connectivity index (χ0n) is 43.8. The number of carbonyl (C=O) groups is 3. The maximum Gasteiger partial charge on any atom is 0.306 e. The van der Waals surface area contributed by atoms with Crippen molar-refractivity contribution < 1.29 is 28.6 Å². The molecule has 1 unspecified atom stereocenters. The van der Waals surface area contributed by atoms with Crippen molar-refractivity contribution in [1.82, 2.24) is 0 Å². The maximum absolute atomic E-state index is 12.8. The van der Waals surface area contributed by atoms with Crippen LogP contribution >= 0.6 is 0 Å². The first-order valence-electron chi connectivity index (χ1n) is 27.6. The first-order valence-corrected chi connectivity index (χ1v) is 27.6. The molecule has 0 aliphatic rings. The third-order valence-corrected chi connectivity index (χ3v) is 11.3. The van der Waals surface area contributed by atoms with Gasteiger partial charge in [-0.1, -0.05) is 239 Å². The average molecular weight is 941 g/mol. The van der Waals surface area contributed by atoms with E-state index in [0.29, 0.717) is 19.3 Å². The number of carbonyl (C=O) groups excluding carboxylic acids is 3. The molecule has 0 aliphatic heterocycles. The summed E-state index contributed by atoms with van der Waals surface area (Å²) in [4.78, 5) is 38.1. The van der Waals surface area contributed by atoms with Gasteiger partial charge in [-0.2, -0.15) is 0 Å². The second-order valence-electron chi connectivity index (χ2n) is 17.9. The summed E-state index contributed by atoms with van der Waals surface area (Å²) in [6.45, 7) is 6.43. The van der Waals surface area contributed by atoms with E-state index in [0.717, 1.165) is 96.3 Å². The molecular weight excluding hydrogens is 841 g/mol. The Balaban J connectivity index is 4.56. The summed E-state index contributed by atoms with van der Waals surface area (Å²) in [6.07, 6.45) is 76.1. The summed E-state index contributed by atoms with van der Waals surface area (Å²) in [5.74, 6) is -1.01. The SMILES string of the molecule is CCC\C=C/C=C\C=C/C=C\C=C/CCCCCCCC(=O)OCC(COC(=O)CCCCCCCC/C=C\C=C/CCCCC)OC(=O)CCC/C=C\C/C=C\C/C=C\CCCCCCCC. The molecule has 0 aromatic carbocycles. The van der Waals surface area contributed by atoms with Crippen LogP contribution < -0.4 is 0 Å². The van der Waals surface area contributed by atoms with Crippen LogP contribution in [0, 0.1) is 0 Å². The van der Waals surface area contributed by atoms with E-state index in [1.165, 1.54) is 89.9 Å². The smallest absolute Gasteiger partial charge is 0.306 e. The number of rotatable bonds is 48. The molecule has 1 atom stereocenters. The van der Waals surface area contributed by atoms with Gasteiger partial charge in [-0.15, -0.1) is 0 Å². The quantitative estimate of drug-likeness (QED) is 0.0199. The minimum absolute atomic E-state index is 0.116. The molecule has 0 rings (SSSR count). The van der Waals surface area contributed by atoms with Gasteiger partial charge in [0.1, 0.15) is 13.2 Å². The van der Waals surface area contributed by atoms with E-state index in [2.05, 4.69) is 112 Å². The summed E-state index contributed by atoms with van der Waals surface area (Å²) in [7, 11) is 0. The van der Waals surface area contributed by atoms with E-state index >= 15 is 0 Å². The van der Waals surface area contributed by atoms with Crippen LogP contribution in [0.3, 0.4) is 0 Å². The number of hydrogen-bond donors (Lipinski definition) is 0. The summed E-state index contributed by atoms with van der Waals surface area (Å²) >= 11 is 0. The molecule has 0 N–H and O–H groups in total. The first-order chi connectivity index (χ1) is 33.5. The van der Waals surface area contributed by atoms with E-state index in [-0.39, 0.29) is 37.5 Å². The molecule has 0 amide bonds. The third-order valence-electron chi connectivity index (χ3n) is 11.3. The molecule has 384 valence electrons. The Kier molecular flexibility index (Phi) is 52.0. The fourth-order valence-corrected chi connectivity index (χ4v) is 7.13. The van der Waals surface area contributed by atoms with E-state index < -0.39 is 6.10 Å². The minimum atomic E-state index is -0.824. The zero-order chi connectivity index (χ0) is 49.3. The van der Waals surface area contributed by atoms with Gasteiger partial charge in [0.05, 0.1) is 0 Å². The molecule has 68 heavy (non-hydrogen) atoms. The first kappa shape index (κ1) is 63.8. The Labute approximate surface area is 418 Å². The Morgan fingerprint density at radius 3 is 1.10 bits per heavy atom. The molecule has 0 aliphatic carbocycles. The Hall–Kier alpha value is -4.19. The standard InChI is InChI=1S/C62H100O6/c1-4-7-10-13-16-19-22-25-28-30-32-34-37-40-43-46-49-52-55-61(64)67-58-59(57-66-60(63)54-51-48-45-42-39-36-33-27-24-21-18-15-12-9-6-3)68-62(65)56-53-50-47-44-41-38-35-31-29-26-23-20-17-14-11-8-5-2/h10,13,16,18-19,21-22,24-30,32,34-35,38,44,47,59H,4-9,11-12,14-15,17,20,23,31,33,36-37,39-43,45-46,48-58H2,1-3H3/b13-10-,19-16-,21-18-,25-22-,27-24-,29-26-,30-28-,34-32-,38-35-,47-44-. The van der Waals surface area contributed by atoms with Crippen molar-refractivity contribution in [3.8, 4) is 0 Å². The summed E-state index contributed by atoms with van der Waals surface area (Å²) in [5, 5.41) is 0. The lowest BCUT2D eigenvalue weighted by Gasteiger charge is -2.18. The van der Waals surface area contributed by atoms with Gasteiger partial charge in [-0.25, -0.2) is 0 Å². The van der Waals surface area contributed by atoms with Crippen LogP contribution in [0.1, 0.15) is 233 Å². The van der Waals surface area contributed by atoms with Crippen molar-refractivity contribution >= 4 is 17.9 Å². The molecule has 6 heteroatoms. The molecule has 0 spiro atoms. The summed E-state index contributed by atoms with van der Waals surface area (Å²) < 4.78 is 16.8. The minimum Gasteiger partial charge on any atom is -0.462 e. The van der Waals surface area contributed by atoms with Crippen LogP contribution in [-0.2, 0) is 28.6 Å². The van der Waals surface area contributed by atoms with Crippen LogP contribution in [0.15, 0.2) is 122 Å². The largest absolute Gasteiger partial charge is 0.462 e. The van der Waals surface area contributed by atoms with Crippen LogP contribution in [0.2, 0.25) is 0 Å². The number of unbranched alkanes of at least 4 members (excludes halogenated alkanes) is 22. The Bertz CT molecular complexity index is 1450. The lowest BCUT2D eigenvalue weighted by Crippen LogP contribution is -2.30. The van der Waals surface area contributed by atoms with Gasteiger partial charge in [0.2, 0.25) is 0 Å². The predicted octanol–water partition coefficient (Wildman–Crippen LogP) is 18.5. The molecule has 0 aromatic heterocycles. The molecule has 0 fully saturated rings. The molecule has 6 nitrogen and oxygen atoms in total. The molecule has 0 aromatic rings. The van der Waals surface area contributed by atoms with Crippen molar-refractivity contribution in [3.05, 3.63) is 122 Å². The third kappa shape index (κ3) is 52.8. The van der Waals surface area contributed by atoms with E-state index in [1.807, 2.05) is 30.4 Å². The van der Waals surface area contributed by atoms with Crippen molar-refractivity contribution in [1.29, 1.82) is 0 Å². The number of allylic oxidation sites excluding steroid dienone is 20. The van der Waals surface area contributed by atoms with E-state index in [1.54, 1.807) is 0 Å². The predicted molar refractivity (Wildman–Crippen MR) is 293 cm³/mol. The second-order valence-corrected chi connectivity index (χ2v) is 17.9. The lowest BCUT2D eigenvalue weighted by atomic mass is 10.1. The highest BCUT2D eigenvalue weighted by atomic mass is 16.6. The Morgan fingerprint density at radius 2 is 0.632 bits per heavy atom. The van der Waals surface area contributed by atoms with Crippen LogP contribution in [0.25, 0.3) is 0 Å². The average Bonchev–Trinajstić information content (AvgIpc) is 3.34. The highest BCUT2D eigenvalue weighted by Gasteiger charge is 2.19. The maximum atomic E-state index is 12.8. The second kappa shape index (κ2) is 55.4. The molecule has 0 heterocycles. The molecule has 0 saturated carbocycles.